The number of Topliss-reactive ketones (excluding diaryl/α,β-unsaturated/α-hetero) is 1. The number of carbonyl (C=O) groups is 2. The molecule has 6 heteroatoms. The van der Waals surface area contributed by atoms with Crippen molar-refractivity contribution in [2.24, 2.45) is 0 Å². The van der Waals surface area contributed by atoms with Gasteiger partial charge in [0.1, 0.15) is 5.76 Å². The molecule has 0 saturated carbocycles. The van der Waals surface area contributed by atoms with Gasteiger partial charge in [0.05, 0.1) is 11.6 Å². The SMILES string of the molecule is COCCCN1C(=O)C(=O)/C(=C(/O)c2c[nH]c3ccccc23)C1c1ccccc1C. The maximum absolute atomic E-state index is 13.1. The molecule has 2 aromatic carbocycles. The molecular formula is C24H24N2O4. The Kier molecular flexibility index (Phi) is 5.42. The molecule has 1 saturated heterocycles. The number of ether oxygens (including phenoxy) is 1. The lowest BCUT2D eigenvalue weighted by Gasteiger charge is -2.26. The Morgan fingerprint density at radius 2 is 1.87 bits per heavy atom. The van der Waals surface area contributed by atoms with Crippen molar-refractivity contribution in [3.05, 3.63) is 77.0 Å². The Bertz CT molecular complexity index is 1140. The summed E-state index contributed by atoms with van der Waals surface area (Å²) in [5.74, 6) is -1.42. The first-order chi connectivity index (χ1) is 14.5. The number of aryl methyl sites for hydroxylation is 1. The number of fused-ring (bicyclic) bond motifs is 1. The lowest BCUT2D eigenvalue weighted by atomic mass is 9.92. The molecule has 2 heterocycles. The molecule has 1 aliphatic heterocycles. The van der Waals surface area contributed by atoms with E-state index >= 15 is 0 Å². The number of hydrogen-bond donors (Lipinski definition) is 2. The number of hydrogen-bond acceptors (Lipinski definition) is 4. The fourth-order valence-corrected chi connectivity index (χ4v) is 4.12. The van der Waals surface area contributed by atoms with Crippen LogP contribution in [-0.4, -0.2) is 46.9 Å². The van der Waals surface area contributed by atoms with Gasteiger partial charge in [-0.2, -0.15) is 0 Å². The highest BCUT2D eigenvalue weighted by atomic mass is 16.5. The van der Waals surface area contributed by atoms with Gasteiger partial charge in [-0.05, 0) is 30.5 Å². The number of likely N-dealkylation sites (tertiary alicyclic amines) is 1. The van der Waals surface area contributed by atoms with Gasteiger partial charge in [0.2, 0.25) is 0 Å². The average molecular weight is 404 g/mol. The van der Waals surface area contributed by atoms with Crippen LogP contribution in [0.25, 0.3) is 16.7 Å². The van der Waals surface area contributed by atoms with Crippen LogP contribution in [0.1, 0.15) is 29.2 Å². The molecule has 6 nitrogen and oxygen atoms in total. The molecule has 1 aromatic heterocycles. The summed E-state index contributed by atoms with van der Waals surface area (Å²) >= 11 is 0. The van der Waals surface area contributed by atoms with Crippen molar-refractivity contribution in [3.63, 3.8) is 0 Å². The van der Waals surface area contributed by atoms with Crippen molar-refractivity contribution < 1.29 is 19.4 Å². The van der Waals surface area contributed by atoms with E-state index in [1.807, 2.05) is 55.5 Å². The summed E-state index contributed by atoms with van der Waals surface area (Å²) < 4.78 is 5.12. The zero-order chi connectivity index (χ0) is 21.3. The topological polar surface area (TPSA) is 82.6 Å². The zero-order valence-electron chi connectivity index (χ0n) is 17.0. The lowest BCUT2D eigenvalue weighted by molar-refractivity contribution is -0.140. The summed E-state index contributed by atoms with van der Waals surface area (Å²) in [6, 6.07) is 14.5. The number of nitrogens with one attached hydrogen (secondary N) is 1. The van der Waals surface area contributed by atoms with Crippen molar-refractivity contribution in [1.29, 1.82) is 0 Å². The number of nitrogens with zero attached hydrogens (tertiary/aromatic N) is 1. The van der Waals surface area contributed by atoms with Crippen LogP contribution in [0.5, 0.6) is 0 Å². The van der Waals surface area contributed by atoms with Crippen molar-refractivity contribution in [3.8, 4) is 0 Å². The number of aromatic amines is 1. The Hall–Kier alpha value is -3.38. The van der Waals surface area contributed by atoms with Crippen LogP contribution in [0, 0.1) is 6.92 Å². The summed E-state index contributed by atoms with van der Waals surface area (Å²) in [7, 11) is 1.60. The molecule has 30 heavy (non-hydrogen) atoms. The number of aromatic nitrogens is 1. The fourth-order valence-electron chi connectivity index (χ4n) is 4.12. The van der Waals surface area contributed by atoms with Crippen LogP contribution in [0.15, 0.2) is 60.3 Å². The summed E-state index contributed by atoms with van der Waals surface area (Å²) in [4.78, 5) is 30.7. The minimum Gasteiger partial charge on any atom is -0.507 e. The summed E-state index contributed by atoms with van der Waals surface area (Å²) in [6.07, 6.45) is 2.27. The second-order valence-corrected chi connectivity index (χ2v) is 7.44. The summed E-state index contributed by atoms with van der Waals surface area (Å²) in [6.45, 7) is 2.78. The van der Waals surface area contributed by atoms with E-state index in [0.29, 0.717) is 25.1 Å². The third-order valence-electron chi connectivity index (χ3n) is 5.61. The van der Waals surface area contributed by atoms with Gasteiger partial charge in [-0.3, -0.25) is 9.59 Å². The molecule has 0 bridgehead atoms. The molecule has 2 N–H and O–H groups in total. The molecule has 1 unspecified atom stereocenters. The van der Waals surface area contributed by atoms with Gasteiger partial charge in [-0.25, -0.2) is 0 Å². The Morgan fingerprint density at radius 3 is 2.63 bits per heavy atom. The van der Waals surface area contributed by atoms with Crippen LogP contribution >= 0.6 is 0 Å². The number of para-hydroxylation sites is 1. The van der Waals surface area contributed by atoms with Crippen LogP contribution in [-0.2, 0) is 14.3 Å². The van der Waals surface area contributed by atoms with Gasteiger partial charge in [-0.15, -0.1) is 0 Å². The molecular weight excluding hydrogens is 380 g/mol. The normalized spacial score (nSPS) is 18.5. The minimum absolute atomic E-state index is 0.122. The highest BCUT2D eigenvalue weighted by molar-refractivity contribution is 6.46. The number of methoxy groups -OCH3 is 1. The van der Waals surface area contributed by atoms with Crippen molar-refractivity contribution in [2.75, 3.05) is 20.3 Å². The fraction of sp³-hybridized carbons (Fsp3) is 0.250. The number of amides is 1. The molecule has 1 amide bonds. The second kappa shape index (κ2) is 8.16. The van der Waals surface area contributed by atoms with Crippen LogP contribution in [0.2, 0.25) is 0 Å². The van der Waals surface area contributed by atoms with Gasteiger partial charge in [0, 0.05) is 42.9 Å². The molecule has 4 rings (SSSR count). The maximum Gasteiger partial charge on any atom is 0.295 e. The van der Waals surface area contributed by atoms with E-state index in [-0.39, 0.29) is 11.3 Å². The first kappa shape index (κ1) is 19.9. The predicted molar refractivity (Wildman–Crippen MR) is 115 cm³/mol. The van der Waals surface area contributed by atoms with E-state index in [1.165, 1.54) is 0 Å². The minimum atomic E-state index is -0.663. The number of carbonyl (C=O) groups excluding carboxylic acids is 2. The van der Waals surface area contributed by atoms with E-state index in [1.54, 1.807) is 18.2 Å². The standard InChI is InChI=1S/C24H24N2O4/c1-15-8-3-4-9-16(15)21-20(23(28)24(29)26(21)12-7-13-30-2)22(27)18-14-25-19-11-6-5-10-17(18)19/h3-6,8-11,14,21,25,27H,7,12-13H2,1-2H3/b22-20+. The molecule has 0 spiro atoms. The van der Waals surface area contributed by atoms with E-state index in [4.69, 9.17) is 4.74 Å². The highest BCUT2D eigenvalue weighted by Gasteiger charge is 2.46. The largest absolute Gasteiger partial charge is 0.507 e. The third kappa shape index (κ3) is 3.29. The quantitative estimate of drug-likeness (QED) is 0.282. The molecule has 1 atom stereocenters. The van der Waals surface area contributed by atoms with Crippen molar-refractivity contribution >= 4 is 28.4 Å². The molecule has 1 aliphatic rings. The first-order valence-corrected chi connectivity index (χ1v) is 9.94. The second-order valence-electron chi connectivity index (χ2n) is 7.44. The summed E-state index contributed by atoms with van der Waals surface area (Å²) in [5.41, 5.74) is 3.26. The zero-order valence-corrected chi connectivity index (χ0v) is 17.0. The number of H-pyrrole nitrogens is 1. The smallest absolute Gasteiger partial charge is 0.295 e. The van der Waals surface area contributed by atoms with Gasteiger partial charge < -0.3 is 19.7 Å². The van der Waals surface area contributed by atoms with Crippen molar-refractivity contribution in [1.82, 2.24) is 9.88 Å². The van der Waals surface area contributed by atoms with Crippen LogP contribution in [0.4, 0.5) is 0 Å². The van der Waals surface area contributed by atoms with E-state index < -0.39 is 17.7 Å². The van der Waals surface area contributed by atoms with Crippen LogP contribution < -0.4 is 0 Å². The Morgan fingerprint density at radius 1 is 1.13 bits per heavy atom. The number of aliphatic hydroxyl groups excluding tert-OH is 1. The summed E-state index contributed by atoms with van der Waals surface area (Å²) in [5, 5.41) is 12.0. The van der Waals surface area contributed by atoms with E-state index in [2.05, 4.69) is 4.98 Å². The molecule has 1 fully saturated rings. The molecule has 154 valence electrons. The Balaban J connectivity index is 1.89. The lowest BCUT2D eigenvalue weighted by Crippen LogP contribution is -2.31. The van der Waals surface area contributed by atoms with Gasteiger partial charge in [0.15, 0.2) is 0 Å². The van der Waals surface area contributed by atoms with Gasteiger partial charge in [0.25, 0.3) is 11.7 Å². The first-order valence-electron chi connectivity index (χ1n) is 9.94. The third-order valence-corrected chi connectivity index (χ3v) is 5.61. The number of benzene rings is 2. The monoisotopic (exact) mass is 404 g/mol. The van der Waals surface area contributed by atoms with Gasteiger partial charge >= 0.3 is 0 Å². The predicted octanol–water partition coefficient (Wildman–Crippen LogP) is 3.93. The average Bonchev–Trinajstić information content (AvgIpc) is 3.29. The Labute approximate surface area is 174 Å². The van der Waals surface area contributed by atoms with Gasteiger partial charge in [-0.1, -0.05) is 42.5 Å². The molecule has 3 aromatic rings. The van der Waals surface area contributed by atoms with E-state index in [9.17, 15) is 14.7 Å². The van der Waals surface area contributed by atoms with E-state index in [0.717, 1.165) is 22.0 Å². The van der Waals surface area contributed by atoms with Crippen molar-refractivity contribution in [2.45, 2.75) is 19.4 Å². The maximum atomic E-state index is 13.1. The van der Waals surface area contributed by atoms with Crippen LogP contribution in [0.3, 0.4) is 0 Å². The number of rotatable bonds is 6. The highest BCUT2D eigenvalue weighted by Crippen LogP contribution is 2.41. The number of ketones is 1. The number of aliphatic hydroxyl groups is 1. The molecule has 0 radical (unpaired) electrons. The molecule has 0 aliphatic carbocycles.